The highest BCUT2D eigenvalue weighted by Gasteiger charge is 2.20. The molecule has 28 heavy (non-hydrogen) atoms. The molecule has 0 heterocycles. The maximum atomic E-state index is 12.3. The molecule has 6 heteroatoms. The van der Waals surface area contributed by atoms with E-state index in [0.717, 1.165) is 11.1 Å². The molecule has 0 radical (unpaired) electrons. The third-order valence-electron chi connectivity index (χ3n) is 4.23. The van der Waals surface area contributed by atoms with E-state index in [1.165, 1.54) is 6.92 Å². The molecule has 0 spiro atoms. The van der Waals surface area contributed by atoms with Crippen molar-refractivity contribution in [3.63, 3.8) is 0 Å². The second-order valence-electron chi connectivity index (χ2n) is 6.52. The van der Waals surface area contributed by atoms with Crippen molar-refractivity contribution in [3.8, 4) is 6.07 Å². The molecule has 0 fully saturated rings. The zero-order valence-corrected chi connectivity index (χ0v) is 16.1. The number of amides is 1. The average molecular weight is 378 g/mol. The Kier molecular flexibility index (Phi) is 7.05. The molecule has 0 aromatic heterocycles. The lowest BCUT2D eigenvalue weighted by Crippen LogP contribution is -2.30. The summed E-state index contributed by atoms with van der Waals surface area (Å²) in [5, 5.41) is 11.6. The predicted octanol–water partition coefficient (Wildman–Crippen LogP) is 3.71. The van der Waals surface area contributed by atoms with Crippen molar-refractivity contribution in [3.05, 3.63) is 64.7 Å². The minimum absolute atomic E-state index is 0.00866. The van der Waals surface area contributed by atoms with Crippen LogP contribution in [0, 0.1) is 25.2 Å². The maximum absolute atomic E-state index is 12.3. The SMILES string of the molecule is Cc1ccc(C)c(C(=O)CCC(=O)O[C@@H](C)C(=O)Nc2ccccc2C#N)c1. The van der Waals surface area contributed by atoms with Crippen molar-refractivity contribution in [2.24, 2.45) is 0 Å². The number of ether oxygens (including phenoxy) is 1. The zero-order chi connectivity index (χ0) is 20.7. The van der Waals surface area contributed by atoms with Gasteiger partial charge < -0.3 is 10.1 Å². The summed E-state index contributed by atoms with van der Waals surface area (Å²) in [4.78, 5) is 36.5. The standard InChI is InChI=1S/C22H22N2O4/c1-14-8-9-15(2)18(12-14)20(25)10-11-21(26)28-16(3)22(27)24-19-7-5-4-6-17(19)13-23/h4-9,12,16H,10-11H2,1-3H3,(H,24,27)/t16-/m0/s1. The number of benzene rings is 2. The van der Waals surface area contributed by atoms with Crippen LogP contribution in [0.5, 0.6) is 0 Å². The summed E-state index contributed by atoms with van der Waals surface area (Å²) < 4.78 is 5.11. The van der Waals surface area contributed by atoms with Gasteiger partial charge in [0.15, 0.2) is 11.9 Å². The van der Waals surface area contributed by atoms with Crippen molar-refractivity contribution >= 4 is 23.3 Å². The minimum Gasteiger partial charge on any atom is -0.453 e. The van der Waals surface area contributed by atoms with Crippen LogP contribution >= 0.6 is 0 Å². The highest BCUT2D eigenvalue weighted by molar-refractivity contribution is 5.99. The summed E-state index contributed by atoms with van der Waals surface area (Å²) >= 11 is 0. The van der Waals surface area contributed by atoms with Crippen LogP contribution in [-0.4, -0.2) is 23.8 Å². The maximum Gasteiger partial charge on any atom is 0.307 e. The van der Waals surface area contributed by atoms with Crippen molar-refractivity contribution in [1.82, 2.24) is 0 Å². The molecule has 6 nitrogen and oxygen atoms in total. The Labute approximate surface area is 164 Å². The molecule has 0 saturated carbocycles. The van der Waals surface area contributed by atoms with Gasteiger partial charge in [-0.25, -0.2) is 0 Å². The number of esters is 1. The number of hydrogen-bond donors (Lipinski definition) is 1. The van der Waals surface area contributed by atoms with Gasteiger partial charge >= 0.3 is 5.97 Å². The van der Waals surface area contributed by atoms with Gasteiger partial charge in [0.1, 0.15) is 6.07 Å². The fraction of sp³-hybridized carbons (Fsp3) is 0.273. The van der Waals surface area contributed by atoms with E-state index in [1.54, 1.807) is 30.3 Å². The molecule has 0 saturated heterocycles. The van der Waals surface area contributed by atoms with Gasteiger partial charge in [-0.15, -0.1) is 0 Å². The fourth-order valence-electron chi connectivity index (χ4n) is 2.62. The van der Waals surface area contributed by atoms with E-state index in [-0.39, 0.29) is 18.6 Å². The number of carbonyl (C=O) groups excluding carboxylic acids is 3. The normalized spacial score (nSPS) is 11.2. The van der Waals surface area contributed by atoms with Crippen LogP contribution in [0.2, 0.25) is 0 Å². The summed E-state index contributed by atoms with van der Waals surface area (Å²) in [6, 6.07) is 14.1. The first-order valence-electron chi connectivity index (χ1n) is 8.91. The molecule has 2 rings (SSSR count). The van der Waals surface area contributed by atoms with Gasteiger partial charge in [-0.3, -0.25) is 14.4 Å². The third-order valence-corrected chi connectivity index (χ3v) is 4.23. The van der Waals surface area contributed by atoms with Crippen LogP contribution < -0.4 is 5.32 Å². The van der Waals surface area contributed by atoms with Crippen molar-refractivity contribution < 1.29 is 19.1 Å². The Hall–Kier alpha value is -3.46. The summed E-state index contributed by atoms with van der Waals surface area (Å²) in [6.07, 6.45) is -1.15. The lowest BCUT2D eigenvalue weighted by atomic mass is 9.99. The number of hydrogen-bond acceptors (Lipinski definition) is 5. The van der Waals surface area contributed by atoms with Crippen molar-refractivity contribution in [2.75, 3.05) is 5.32 Å². The lowest BCUT2D eigenvalue weighted by molar-refractivity contribution is -0.153. The molecule has 144 valence electrons. The highest BCUT2D eigenvalue weighted by atomic mass is 16.5. The number of nitrogens with one attached hydrogen (secondary N) is 1. The molecule has 2 aromatic carbocycles. The second-order valence-corrected chi connectivity index (χ2v) is 6.52. The molecule has 0 aliphatic heterocycles. The van der Waals surface area contributed by atoms with Crippen LogP contribution in [0.15, 0.2) is 42.5 Å². The summed E-state index contributed by atoms with van der Waals surface area (Å²) in [5.74, 6) is -1.31. The fourth-order valence-corrected chi connectivity index (χ4v) is 2.62. The van der Waals surface area contributed by atoms with Crippen LogP contribution in [-0.2, 0) is 14.3 Å². The first-order chi connectivity index (χ1) is 13.3. The number of nitriles is 1. The van der Waals surface area contributed by atoms with E-state index in [2.05, 4.69) is 5.32 Å². The second kappa shape index (κ2) is 9.47. The molecule has 0 aliphatic carbocycles. The lowest BCUT2D eigenvalue weighted by Gasteiger charge is -2.14. The first kappa shape index (κ1) is 20.8. The van der Waals surface area contributed by atoms with Gasteiger partial charge in [0.2, 0.25) is 0 Å². The van der Waals surface area contributed by atoms with Crippen LogP contribution in [0.1, 0.15) is 46.8 Å². The Morgan fingerprint density at radius 3 is 2.54 bits per heavy atom. The molecule has 2 aromatic rings. The molecule has 1 atom stereocenters. The average Bonchev–Trinajstić information content (AvgIpc) is 2.68. The number of Topliss-reactive ketones (excluding diaryl/α,β-unsaturated/α-hetero) is 1. The molecular weight excluding hydrogens is 356 g/mol. The van der Waals surface area contributed by atoms with Crippen molar-refractivity contribution in [2.45, 2.75) is 39.7 Å². The number of carbonyl (C=O) groups is 3. The van der Waals surface area contributed by atoms with Gasteiger partial charge in [0.05, 0.1) is 17.7 Å². The molecule has 0 aliphatic rings. The summed E-state index contributed by atoms with van der Waals surface area (Å²) in [7, 11) is 0. The Bertz CT molecular complexity index is 944. The van der Waals surface area contributed by atoms with Gasteiger partial charge in [-0.05, 0) is 44.5 Å². The van der Waals surface area contributed by atoms with E-state index in [4.69, 9.17) is 10.00 Å². The third kappa shape index (κ3) is 5.52. The van der Waals surface area contributed by atoms with Gasteiger partial charge in [0, 0.05) is 12.0 Å². The Morgan fingerprint density at radius 2 is 1.82 bits per heavy atom. The Balaban J connectivity index is 1.88. The summed E-state index contributed by atoms with van der Waals surface area (Å²) in [6.45, 7) is 5.18. The Morgan fingerprint density at radius 1 is 1.11 bits per heavy atom. The molecule has 0 unspecified atom stereocenters. The van der Waals surface area contributed by atoms with E-state index in [9.17, 15) is 14.4 Å². The van der Waals surface area contributed by atoms with Crippen LogP contribution in [0.3, 0.4) is 0 Å². The molecular formula is C22H22N2O4. The first-order valence-corrected chi connectivity index (χ1v) is 8.91. The summed E-state index contributed by atoms with van der Waals surface area (Å²) in [5.41, 5.74) is 3.08. The van der Waals surface area contributed by atoms with Gasteiger partial charge in [-0.2, -0.15) is 5.26 Å². The topological polar surface area (TPSA) is 96.3 Å². The van der Waals surface area contributed by atoms with E-state index in [0.29, 0.717) is 16.8 Å². The number of aryl methyl sites for hydroxylation is 2. The number of rotatable bonds is 7. The van der Waals surface area contributed by atoms with Crippen LogP contribution in [0.25, 0.3) is 0 Å². The quantitative estimate of drug-likeness (QED) is 0.585. The van der Waals surface area contributed by atoms with E-state index in [1.807, 2.05) is 32.0 Å². The number of para-hydroxylation sites is 1. The molecule has 1 amide bonds. The smallest absolute Gasteiger partial charge is 0.307 e. The number of ketones is 1. The minimum atomic E-state index is -1.05. The van der Waals surface area contributed by atoms with Crippen LogP contribution in [0.4, 0.5) is 5.69 Å². The number of nitrogens with zero attached hydrogens (tertiary/aromatic N) is 1. The zero-order valence-electron chi connectivity index (χ0n) is 16.1. The van der Waals surface area contributed by atoms with Gasteiger partial charge in [-0.1, -0.05) is 29.8 Å². The van der Waals surface area contributed by atoms with Crippen molar-refractivity contribution in [1.29, 1.82) is 5.26 Å². The number of anilines is 1. The predicted molar refractivity (Wildman–Crippen MR) is 105 cm³/mol. The monoisotopic (exact) mass is 378 g/mol. The van der Waals surface area contributed by atoms with E-state index < -0.39 is 18.0 Å². The largest absolute Gasteiger partial charge is 0.453 e. The van der Waals surface area contributed by atoms with E-state index >= 15 is 0 Å². The highest BCUT2D eigenvalue weighted by Crippen LogP contribution is 2.16. The van der Waals surface area contributed by atoms with Gasteiger partial charge in [0.25, 0.3) is 5.91 Å². The molecule has 0 bridgehead atoms. The molecule has 1 N–H and O–H groups in total.